The highest BCUT2D eigenvalue weighted by atomic mass is 16.7. The smallest absolute Gasteiger partial charge is 0.371 e. The van der Waals surface area contributed by atoms with E-state index in [-0.39, 0.29) is 13.2 Å². The fraction of sp³-hybridized carbons (Fsp3) is 0.300. The Morgan fingerprint density at radius 2 is 1.86 bits per heavy atom. The predicted molar refractivity (Wildman–Crippen MR) is 52.5 cm³/mol. The van der Waals surface area contributed by atoms with Crippen LogP contribution in [0, 0.1) is 0 Å². The van der Waals surface area contributed by atoms with Crippen molar-refractivity contribution in [1.29, 1.82) is 0 Å². The molecule has 78 valence electrons. The molecule has 1 N–H and O–H groups in total. The largest absolute Gasteiger partial charge is 0.457 e. The topological polar surface area (TPSA) is 55.8 Å². The molecule has 0 radical (unpaired) electrons. The zero-order valence-corrected chi connectivity index (χ0v) is 7.94. The maximum atomic E-state index is 11.2. The minimum absolute atomic E-state index is 0.00638. The molecular formula is C10H14O4. The van der Waals surface area contributed by atoms with Crippen molar-refractivity contribution < 1.29 is 19.4 Å². The van der Waals surface area contributed by atoms with E-state index in [2.05, 4.69) is 24.5 Å². The summed E-state index contributed by atoms with van der Waals surface area (Å²) >= 11 is 0. The lowest BCUT2D eigenvalue weighted by Crippen LogP contribution is -2.41. The molecule has 1 atom stereocenters. The van der Waals surface area contributed by atoms with Crippen molar-refractivity contribution in [3.05, 3.63) is 38.0 Å². The van der Waals surface area contributed by atoms with Gasteiger partial charge in [-0.25, -0.2) is 4.79 Å². The third kappa shape index (κ3) is 3.55. The van der Waals surface area contributed by atoms with Gasteiger partial charge in [0.15, 0.2) is 0 Å². The van der Waals surface area contributed by atoms with Crippen molar-refractivity contribution in [3.63, 3.8) is 0 Å². The molecule has 4 nitrogen and oxygen atoms in total. The first-order valence-corrected chi connectivity index (χ1v) is 3.99. The normalized spacial score (nSPS) is 13.8. The second kappa shape index (κ2) is 6.12. The summed E-state index contributed by atoms with van der Waals surface area (Å²) in [6, 6.07) is 0. The van der Waals surface area contributed by atoms with E-state index in [9.17, 15) is 9.90 Å². The van der Waals surface area contributed by atoms with E-state index in [0.717, 1.165) is 6.08 Å². The molecule has 0 fully saturated rings. The Morgan fingerprint density at radius 1 is 1.29 bits per heavy atom. The van der Waals surface area contributed by atoms with Gasteiger partial charge in [0.1, 0.15) is 6.61 Å². The fourth-order valence-corrected chi connectivity index (χ4v) is 0.625. The molecule has 14 heavy (non-hydrogen) atoms. The molecule has 0 aliphatic heterocycles. The summed E-state index contributed by atoms with van der Waals surface area (Å²) in [6.07, 6.45) is 3.74. The highest BCUT2D eigenvalue weighted by Gasteiger charge is 2.35. The molecule has 0 bridgehead atoms. The second-order valence-corrected chi connectivity index (χ2v) is 2.39. The van der Waals surface area contributed by atoms with Crippen molar-refractivity contribution in [3.8, 4) is 0 Å². The lowest BCUT2D eigenvalue weighted by molar-refractivity contribution is -0.205. The number of carbonyl (C=O) groups is 1. The van der Waals surface area contributed by atoms with Gasteiger partial charge in [0.25, 0.3) is 5.79 Å². The van der Waals surface area contributed by atoms with Gasteiger partial charge in [0, 0.05) is 0 Å². The highest BCUT2D eigenvalue weighted by molar-refractivity contribution is 5.79. The molecule has 0 heterocycles. The van der Waals surface area contributed by atoms with E-state index < -0.39 is 11.8 Å². The van der Waals surface area contributed by atoms with E-state index >= 15 is 0 Å². The third-order valence-electron chi connectivity index (χ3n) is 1.32. The van der Waals surface area contributed by atoms with E-state index in [1.54, 1.807) is 0 Å². The van der Waals surface area contributed by atoms with Crippen molar-refractivity contribution in [1.82, 2.24) is 0 Å². The lowest BCUT2D eigenvalue weighted by Gasteiger charge is -2.21. The molecule has 0 aromatic carbocycles. The summed E-state index contributed by atoms with van der Waals surface area (Å²) in [5, 5.41) is 9.55. The standard InChI is InChI=1S/C10H14O4/c1-4-7-13-9(11)10(12,6-3)14-8-5-2/h4-6,12H,1-3,7-8H2. The van der Waals surface area contributed by atoms with Crippen LogP contribution in [-0.4, -0.2) is 30.1 Å². The summed E-state index contributed by atoms with van der Waals surface area (Å²) in [4.78, 5) is 11.2. The SMILES string of the molecule is C=CCOC(=O)C(O)(C=C)OCC=C. The molecule has 0 aromatic heterocycles. The average molecular weight is 198 g/mol. The number of aliphatic hydroxyl groups is 1. The minimum Gasteiger partial charge on any atom is -0.457 e. The van der Waals surface area contributed by atoms with Gasteiger partial charge in [-0.05, 0) is 6.08 Å². The van der Waals surface area contributed by atoms with Crippen molar-refractivity contribution >= 4 is 5.97 Å². The number of hydrogen-bond donors (Lipinski definition) is 1. The van der Waals surface area contributed by atoms with Gasteiger partial charge in [-0.15, -0.1) is 6.58 Å². The number of carbonyl (C=O) groups excluding carboxylic acids is 1. The molecule has 1 unspecified atom stereocenters. The molecule has 0 saturated carbocycles. The van der Waals surface area contributed by atoms with E-state index in [1.165, 1.54) is 12.2 Å². The maximum absolute atomic E-state index is 11.2. The van der Waals surface area contributed by atoms with Crippen molar-refractivity contribution in [2.75, 3.05) is 13.2 Å². The summed E-state index contributed by atoms with van der Waals surface area (Å²) in [5.74, 6) is -3.04. The Bertz CT molecular complexity index is 234. The maximum Gasteiger partial charge on any atom is 0.371 e. The van der Waals surface area contributed by atoms with Crippen LogP contribution in [0.3, 0.4) is 0 Å². The minimum atomic E-state index is -2.11. The van der Waals surface area contributed by atoms with Crippen LogP contribution in [0.4, 0.5) is 0 Å². The summed E-state index contributed by atoms with van der Waals surface area (Å²) < 4.78 is 9.40. The second-order valence-electron chi connectivity index (χ2n) is 2.39. The predicted octanol–water partition coefficient (Wildman–Crippen LogP) is 0.793. The van der Waals surface area contributed by atoms with Crippen LogP contribution in [0.25, 0.3) is 0 Å². The first-order valence-electron chi connectivity index (χ1n) is 3.99. The van der Waals surface area contributed by atoms with Crippen LogP contribution in [0.2, 0.25) is 0 Å². The molecular weight excluding hydrogens is 184 g/mol. The zero-order chi connectivity index (χ0) is 11.0. The van der Waals surface area contributed by atoms with Crippen LogP contribution >= 0.6 is 0 Å². The molecule has 0 aliphatic rings. The molecule has 4 heteroatoms. The number of rotatable bonds is 7. The molecule has 0 rings (SSSR count). The number of esters is 1. The first-order chi connectivity index (χ1) is 6.60. The Hall–Kier alpha value is -1.39. The fourth-order valence-electron chi connectivity index (χ4n) is 0.625. The van der Waals surface area contributed by atoms with Crippen LogP contribution in [-0.2, 0) is 14.3 Å². The highest BCUT2D eigenvalue weighted by Crippen LogP contribution is 2.10. The average Bonchev–Trinajstić information content (AvgIpc) is 2.22. The number of hydrogen-bond acceptors (Lipinski definition) is 4. The quantitative estimate of drug-likeness (QED) is 0.373. The Kier molecular flexibility index (Phi) is 5.52. The van der Waals surface area contributed by atoms with Gasteiger partial charge < -0.3 is 14.6 Å². The third-order valence-corrected chi connectivity index (χ3v) is 1.32. The lowest BCUT2D eigenvalue weighted by atomic mass is 10.3. The molecule has 0 amide bonds. The van der Waals surface area contributed by atoms with Gasteiger partial charge in [-0.2, -0.15) is 0 Å². The molecule has 0 aliphatic carbocycles. The van der Waals surface area contributed by atoms with Gasteiger partial charge in [-0.3, -0.25) is 0 Å². The van der Waals surface area contributed by atoms with Gasteiger partial charge in [0.05, 0.1) is 6.61 Å². The summed E-state index contributed by atoms with van der Waals surface area (Å²) in [5.41, 5.74) is 0. The first kappa shape index (κ1) is 12.6. The van der Waals surface area contributed by atoms with Crippen LogP contribution in [0.5, 0.6) is 0 Å². The van der Waals surface area contributed by atoms with Crippen LogP contribution < -0.4 is 0 Å². The Morgan fingerprint density at radius 3 is 2.29 bits per heavy atom. The van der Waals surface area contributed by atoms with Crippen molar-refractivity contribution in [2.45, 2.75) is 5.79 Å². The van der Waals surface area contributed by atoms with E-state index in [1.807, 2.05) is 0 Å². The molecule has 0 aromatic rings. The van der Waals surface area contributed by atoms with Crippen molar-refractivity contribution in [2.24, 2.45) is 0 Å². The van der Waals surface area contributed by atoms with Gasteiger partial charge in [0.2, 0.25) is 0 Å². The summed E-state index contributed by atoms with van der Waals surface area (Å²) in [6.45, 7) is 10.0. The van der Waals surface area contributed by atoms with Crippen LogP contribution in [0.1, 0.15) is 0 Å². The Balaban J connectivity index is 4.33. The molecule has 0 saturated heterocycles. The monoisotopic (exact) mass is 198 g/mol. The van der Waals surface area contributed by atoms with Crippen LogP contribution in [0.15, 0.2) is 38.0 Å². The van der Waals surface area contributed by atoms with Gasteiger partial charge >= 0.3 is 5.97 Å². The zero-order valence-electron chi connectivity index (χ0n) is 7.94. The summed E-state index contributed by atoms with van der Waals surface area (Å²) in [7, 11) is 0. The number of ether oxygens (including phenoxy) is 2. The van der Waals surface area contributed by atoms with Gasteiger partial charge in [-0.1, -0.05) is 25.3 Å². The Labute approximate surface area is 83.1 Å². The van der Waals surface area contributed by atoms with E-state index in [0.29, 0.717) is 0 Å². The van der Waals surface area contributed by atoms with E-state index in [4.69, 9.17) is 4.74 Å². The molecule has 0 spiro atoms.